The van der Waals surface area contributed by atoms with Crippen molar-refractivity contribution in [2.24, 2.45) is 5.41 Å². The van der Waals surface area contributed by atoms with E-state index in [1.807, 2.05) is 0 Å². The molecule has 0 heterocycles. The smallest absolute Gasteiger partial charge is 0.154 e. The molecule has 0 atom stereocenters. The molecule has 0 saturated heterocycles. The molecule has 0 aliphatic heterocycles. The molecular formula is C13H27NO2S. The molecule has 1 N–H and O–H groups in total. The molecule has 1 aliphatic carbocycles. The minimum Gasteiger partial charge on any atom is -0.315 e. The lowest BCUT2D eigenvalue weighted by Crippen LogP contribution is -2.60. The van der Waals surface area contributed by atoms with Gasteiger partial charge < -0.3 is 5.32 Å². The Morgan fingerprint density at radius 2 is 1.65 bits per heavy atom. The van der Waals surface area contributed by atoms with Gasteiger partial charge in [-0.25, -0.2) is 8.42 Å². The summed E-state index contributed by atoms with van der Waals surface area (Å²) in [6, 6.07) is 0. The average Bonchev–Trinajstić information content (AvgIpc) is 2.20. The topological polar surface area (TPSA) is 46.2 Å². The molecule has 4 heteroatoms. The van der Waals surface area contributed by atoms with Crippen LogP contribution in [-0.2, 0) is 9.84 Å². The Morgan fingerprint density at radius 1 is 1.12 bits per heavy atom. The highest BCUT2D eigenvalue weighted by molar-refractivity contribution is 7.92. The quantitative estimate of drug-likeness (QED) is 0.716. The first-order valence-corrected chi connectivity index (χ1v) is 8.64. The van der Waals surface area contributed by atoms with E-state index in [0.717, 1.165) is 38.6 Å². The largest absolute Gasteiger partial charge is 0.315 e. The Balaban J connectivity index is 2.74. The SMILES string of the molecule is CCCNCC1(S(C)(=O)=O)CC(CC)(CC)C1. The van der Waals surface area contributed by atoms with E-state index in [1.165, 1.54) is 6.26 Å². The van der Waals surface area contributed by atoms with Crippen LogP contribution < -0.4 is 5.32 Å². The molecule has 1 aliphatic rings. The summed E-state index contributed by atoms with van der Waals surface area (Å²) in [5, 5.41) is 3.29. The summed E-state index contributed by atoms with van der Waals surface area (Å²) < 4.78 is 23.5. The molecule has 0 radical (unpaired) electrons. The van der Waals surface area contributed by atoms with Crippen LogP contribution >= 0.6 is 0 Å². The van der Waals surface area contributed by atoms with Crippen LogP contribution in [0.2, 0.25) is 0 Å². The molecule has 102 valence electrons. The van der Waals surface area contributed by atoms with Crippen molar-refractivity contribution in [3.05, 3.63) is 0 Å². The summed E-state index contributed by atoms with van der Waals surface area (Å²) in [6.07, 6.45) is 6.30. The maximum Gasteiger partial charge on any atom is 0.154 e. The van der Waals surface area contributed by atoms with E-state index in [9.17, 15) is 8.42 Å². The third-order valence-corrected chi connectivity index (χ3v) is 6.56. The fourth-order valence-corrected chi connectivity index (χ4v) is 4.58. The van der Waals surface area contributed by atoms with Gasteiger partial charge in [0.05, 0.1) is 4.75 Å². The summed E-state index contributed by atoms with van der Waals surface area (Å²) in [5.41, 5.74) is 0.275. The maximum atomic E-state index is 12.0. The van der Waals surface area contributed by atoms with Crippen molar-refractivity contribution < 1.29 is 8.42 Å². The van der Waals surface area contributed by atoms with Crippen molar-refractivity contribution in [3.63, 3.8) is 0 Å². The van der Waals surface area contributed by atoms with Gasteiger partial charge in [0.15, 0.2) is 9.84 Å². The molecule has 0 spiro atoms. The highest BCUT2D eigenvalue weighted by atomic mass is 32.2. The van der Waals surface area contributed by atoms with Gasteiger partial charge in [0.25, 0.3) is 0 Å². The van der Waals surface area contributed by atoms with E-state index < -0.39 is 14.6 Å². The van der Waals surface area contributed by atoms with Crippen LogP contribution in [0.1, 0.15) is 52.9 Å². The molecule has 0 aromatic heterocycles. The highest BCUT2D eigenvalue weighted by Crippen LogP contribution is 2.56. The van der Waals surface area contributed by atoms with Gasteiger partial charge in [-0.15, -0.1) is 0 Å². The van der Waals surface area contributed by atoms with Crippen molar-refractivity contribution in [1.29, 1.82) is 0 Å². The van der Waals surface area contributed by atoms with Crippen LogP contribution in [0.4, 0.5) is 0 Å². The van der Waals surface area contributed by atoms with Crippen LogP contribution in [0.15, 0.2) is 0 Å². The molecule has 0 aromatic rings. The second kappa shape index (κ2) is 5.27. The van der Waals surface area contributed by atoms with Gasteiger partial charge in [0.1, 0.15) is 0 Å². The van der Waals surface area contributed by atoms with Gasteiger partial charge in [0.2, 0.25) is 0 Å². The molecule has 0 unspecified atom stereocenters. The Bertz CT molecular complexity index is 336. The Labute approximate surface area is 106 Å². The lowest BCUT2D eigenvalue weighted by Gasteiger charge is -2.55. The Morgan fingerprint density at radius 3 is 2.00 bits per heavy atom. The second-order valence-electron chi connectivity index (χ2n) is 5.69. The zero-order valence-corrected chi connectivity index (χ0v) is 12.5. The van der Waals surface area contributed by atoms with E-state index in [0.29, 0.717) is 6.54 Å². The van der Waals surface area contributed by atoms with Gasteiger partial charge in [-0.05, 0) is 31.2 Å². The van der Waals surface area contributed by atoms with E-state index in [2.05, 4.69) is 26.1 Å². The molecule has 1 saturated carbocycles. The van der Waals surface area contributed by atoms with E-state index >= 15 is 0 Å². The summed E-state index contributed by atoms with van der Waals surface area (Å²) in [5.74, 6) is 0. The second-order valence-corrected chi connectivity index (χ2v) is 8.10. The van der Waals surface area contributed by atoms with Crippen molar-refractivity contribution in [2.75, 3.05) is 19.3 Å². The monoisotopic (exact) mass is 261 g/mol. The normalized spacial score (nSPS) is 22.1. The number of rotatable bonds is 7. The van der Waals surface area contributed by atoms with Crippen LogP contribution in [0.25, 0.3) is 0 Å². The predicted molar refractivity (Wildman–Crippen MR) is 73.0 cm³/mol. The zero-order chi connectivity index (χ0) is 13.2. The van der Waals surface area contributed by atoms with E-state index in [4.69, 9.17) is 0 Å². The molecule has 3 nitrogen and oxygen atoms in total. The lowest BCUT2D eigenvalue weighted by molar-refractivity contribution is 0.0644. The fraction of sp³-hybridized carbons (Fsp3) is 1.00. The van der Waals surface area contributed by atoms with Crippen LogP contribution in [0.5, 0.6) is 0 Å². The summed E-state index contributed by atoms with van der Waals surface area (Å²) in [6.45, 7) is 7.98. The van der Waals surface area contributed by atoms with Crippen LogP contribution in [0, 0.1) is 5.41 Å². The van der Waals surface area contributed by atoms with Crippen molar-refractivity contribution in [2.45, 2.75) is 57.6 Å². The van der Waals surface area contributed by atoms with Crippen molar-refractivity contribution in [3.8, 4) is 0 Å². The van der Waals surface area contributed by atoms with Gasteiger partial charge in [0, 0.05) is 12.8 Å². The van der Waals surface area contributed by atoms with Gasteiger partial charge in [-0.3, -0.25) is 0 Å². The number of sulfone groups is 1. The lowest BCUT2D eigenvalue weighted by atomic mass is 9.58. The Kier molecular flexibility index (Phi) is 4.64. The summed E-state index contributed by atoms with van der Waals surface area (Å²) in [7, 11) is -2.96. The number of hydrogen-bond acceptors (Lipinski definition) is 3. The van der Waals surface area contributed by atoms with Gasteiger partial charge in [-0.2, -0.15) is 0 Å². The van der Waals surface area contributed by atoms with Gasteiger partial charge in [-0.1, -0.05) is 33.6 Å². The molecule has 17 heavy (non-hydrogen) atoms. The predicted octanol–water partition coefficient (Wildman–Crippen LogP) is 2.37. The van der Waals surface area contributed by atoms with Crippen LogP contribution in [0.3, 0.4) is 0 Å². The Hall–Kier alpha value is -0.0900. The minimum absolute atomic E-state index is 0.275. The third-order valence-electron chi connectivity index (χ3n) is 4.55. The first kappa shape index (κ1) is 15.0. The first-order valence-electron chi connectivity index (χ1n) is 6.75. The minimum atomic E-state index is -2.96. The average molecular weight is 261 g/mol. The maximum absolute atomic E-state index is 12.0. The third kappa shape index (κ3) is 2.84. The highest BCUT2D eigenvalue weighted by Gasteiger charge is 2.57. The number of hydrogen-bond donors (Lipinski definition) is 1. The molecule has 1 fully saturated rings. The van der Waals surface area contributed by atoms with Crippen molar-refractivity contribution in [1.82, 2.24) is 5.32 Å². The van der Waals surface area contributed by atoms with Gasteiger partial charge >= 0.3 is 0 Å². The summed E-state index contributed by atoms with van der Waals surface area (Å²) >= 11 is 0. The molecule has 1 rings (SSSR count). The standard InChI is InChI=1S/C13H27NO2S/c1-5-8-14-11-13(17(4,15)16)9-12(6-2,7-3)10-13/h14H,5-11H2,1-4H3. The zero-order valence-electron chi connectivity index (χ0n) is 11.7. The molecule has 0 bridgehead atoms. The van der Waals surface area contributed by atoms with E-state index in [1.54, 1.807) is 0 Å². The fourth-order valence-electron chi connectivity index (χ4n) is 3.08. The van der Waals surface area contributed by atoms with E-state index in [-0.39, 0.29) is 5.41 Å². The molecule has 0 aromatic carbocycles. The van der Waals surface area contributed by atoms with Crippen molar-refractivity contribution >= 4 is 9.84 Å². The first-order chi connectivity index (χ1) is 7.85. The molecule has 0 amide bonds. The number of nitrogens with one attached hydrogen (secondary N) is 1. The van der Waals surface area contributed by atoms with Crippen LogP contribution in [-0.4, -0.2) is 32.5 Å². The summed E-state index contributed by atoms with van der Waals surface area (Å²) in [4.78, 5) is 0. The molecular weight excluding hydrogens is 234 g/mol.